The first-order chi connectivity index (χ1) is 14.8. The maximum Gasteiger partial charge on any atom is 0.257 e. The van der Waals surface area contributed by atoms with E-state index in [1.54, 1.807) is 11.8 Å². The highest BCUT2D eigenvalue weighted by atomic mass is 35.5. The van der Waals surface area contributed by atoms with Gasteiger partial charge in [-0.3, -0.25) is 4.57 Å². The van der Waals surface area contributed by atoms with E-state index in [0.717, 1.165) is 55.8 Å². The van der Waals surface area contributed by atoms with Crippen molar-refractivity contribution in [3.05, 3.63) is 35.1 Å². The van der Waals surface area contributed by atoms with Crippen LogP contribution in [0.4, 0.5) is 5.95 Å². The van der Waals surface area contributed by atoms with Crippen molar-refractivity contribution in [2.24, 2.45) is 0 Å². The van der Waals surface area contributed by atoms with Gasteiger partial charge in [0.05, 0.1) is 18.4 Å². The number of benzene rings is 1. The Hall–Kier alpha value is -2.10. The van der Waals surface area contributed by atoms with E-state index < -0.39 is 0 Å². The first-order valence-corrected chi connectivity index (χ1v) is 11.6. The fourth-order valence-corrected chi connectivity index (χ4v) is 4.75. The molecule has 0 aliphatic carbocycles. The van der Waals surface area contributed by atoms with Crippen LogP contribution in [-0.2, 0) is 17.0 Å². The predicted octanol–water partition coefficient (Wildman–Crippen LogP) is 4.05. The molecule has 0 spiro atoms. The standard InChI is InChI=1S/C20H23ClN6O2S/c21-15-7-5-14(6-8-15)18-22-17(25-29-18)13-30-20-24-23-19(26-9-1-2-10-26)27(20)12-16-4-3-11-28-16/h5-8,16H,1-4,9-13H2/t16-/m1/s1. The summed E-state index contributed by atoms with van der Waals surface area (Å²) in [6, 6.07) is 7.35. The molecular formula is C20H23ClN6O2S. The monoisotopic (exact) mass is 446 g/mol. The Morgan fingerprint density at radius 1 is 1.10 bits per heavy atom. The number of hydrogen-bond acceptors (Lipinski definition) is 8. The molecule has 8 nitrogen and oxygen atoms in total. The second-order valence-electron chi connectivity index (χ2n) is 7.53. The van der Waals surface area contributed by atoms with E-state index in [1.807, 2.05) is 24.3 Å². The number of halogens is 1. The van der Waals surface area contributed by atoms with Crippen LogP contribution in [0, 0.1) is 0 Å². The average Bonchev–Trinajstić information content (AvgIpc) is 3.55. The zero-order valence-electron chi connectivity index (χ0n) is 16.5. The minimum Gasteiger partial charge on any atom is -0.376 e. The SMILES string of the molecule is Clc1ccc(-c2nc(CSc3nnc(N4CCCC4)n3C[C@H]3CCCO3)no2)cc1. The molecule has 1 atom stereocenters. The summed E-state index contributed by atoms with van der Waals surface area (Å²) in [6.45, 7) is 3.68. The largest absolute Gasteiger partial charge is 0.376 e. The first-order valence-electron chi connectivity index (χ1n) is 10.3. The van der Waals surface area contributed by atoms with E-state index in [9.17, 15) is 0 Å². The lowest BCUT2D eigenvalue weighted by Gasteiger charge is -2.20. The summed E-state index contributed by atoms with van der Waals surface area (Å²) in [5.41, 5.74) is 0.848. The molecule has 10 heteroatoms. The lowest BCUT2D eigenvalue weighted by Crippen LogP contribution is -2.25. The summed E-state index contributed by atoms with van der Waals surface area (Å²) in [4.78, 5) is 6.83. The maximum absolute atomic E-state index is 5.95. The van der Waals surface area contributed by atoms with Crippen molar-refractivity contribution in [3.63, 3.8) is 0 Å². The Morgan fingerprint density at radius 3 is 2.70 bits per heavy atom. The van der Waals surface area contributed by atoms with Crippen LogP contribution in [0.5, 0.6) is 0 Å². The molecule has 0 saturated carbocycles. The minimum absolute atomic E-state index is 0.225. The van der Waals surface area contributed by atoms with Gasteiger partial charge in [0, 0.05) is 30.3 Å². The molecule has 30 heavy (non-hydrogen) atoms. The van der Waals surface area contributed by atoms with Gasteiger partial charge in [0.2, 0.25) is 5.95 Å². The van der Waals surface area contributed by atoms with E-state index in [0.29, 0.717) is 22.5 Å². The van der Waals surface area contributed by atoms with Gasteiger partial charge in [0.1, 0.15) is 0 Å². The Labute approximate surface area is 183 Å². The van der Waals surface area contributed by atoms with Gasteiger partial charge >= 0.3 is 0 Å². The number of ether oxygens (including phenoxy) is 1. The van der Waals surface area contributed by atoms with Crippen LogP contribution >= 0.6 is 23.4 Å². The van der Waals surface area contributed by atoms with Crippen LogP contribution in [0.1, 0.15) is 31.5 Å². The lowest BCUT2D eigenvalue weighted by molar-refractivity contribution is 0.0952. The molecule has 0 bridgehead atoms. The van der Waals surface area contributed by atoms with Gasteiger partial charge in [-0.1, -0.05) is 28.5 Å². The van der Waals surface area contributed by atoms with Gasteiger partial charge in [-0.15, -0.1) is 10.2 Å². The van der Waals surface area contributed by atoms with Crippen molar-refractivity contribution < 1.29 is 9.26 Å². The zero-order chi connectivity index (χ0) is 20.3. The summed E-state index contributed by atoms with van der Waals surface area (Å²) in [6.07, 6.45) is 4.82. The number of thioether (sulfide) groups is 1. The predicted molar refractivity (Wildman–Crippen MR) is 115 cm³/mol. The van der Waals surface area contributed by atoms with Crippen LogP contribution < -0.4 is 4.90 Å². The molecule has 2 aliphatic heterocycles. The molecule has 5 rings (SSSR count). The Morgan fingerprint density at radius 2 is 1.93 bits per heavy atom. The summed E-state index contributed by atoms with van der Waals surface area (Å²) in [7, 11) is 0. The van der Waals surface area contributed by atoms with Gasteiger partial charge in [0.25, 0.3) is 5.89 Å². The molecule has 1 aromatic carbocycles. The molecule has 158 valence electrons. The van der Waals surface area contributed by atoms with Crippen molar-refractivity contribution in [3.8, 4) is 11.5 Å². The summed E-state index contributed by atoms with van der Waals surface area (Å²) in [5.74, 6) is 2.61. The molecule has 2 saturated heterocycles. The second-order valence-corrected chi connectivity index (χ2v) is 8.91. The van der Waals surface area contributed by atoms with E-state index in [4.69, 9.17) is 20.9 Å². The van der Waals surface area contributed by atoms with E-state index >= 15 is 0 Å². The summed E-state index contributed by atoms with van der Waals surface area (Å²) in [5, 5.41) is 14.6. The van der Waals surface area contributed by atoms with Gasteiger partial charge in [-0.05, 0) is 49.9 Å². The molecule has 0 unspecified atom stereocenters. The smallest absolute Gasteiger partial charge is 0.257 e. The van der Waals surface area contributed by atoms with Gasteiger partial charge in [-0.25, -0.2) is 0 Å². The Kier molecular flexibility index (Phi) is 5.92. The summed E-state index contributed by atoms with van der Waals surface area (Å²) < 4.78 is 13.5. The molecule has 2 aromatic heterocycles. The van der Waals surface area contributed by atoms with Gasteiger partial charge < -0.3 is 14.2 Å². The van der Waals surface area contributed by atoms with E-state index in [-0.39, 0.29) is 6.10 Å². The van der Waals surface area contributed by atoms with Gasteiger partial charge in [0.15, 0.2) is 11.0 Å². The molecule has 2 fully saturated rings. The third-order valence-electron chi connectivity index (χ3n) is 5.39. The molecule has 3 aromatic rings. The highest BCUT2D eigenvalue weighted by Gasteiger charge is 2.25. The Balaban J connectivity index is 1.31. The lowest BCUT2D eigenvalue weighted by atomic mass is 10.2. The second kappa shape index (κ2) is 8.95. The Bertz CT molecular complexity index is 980. The van der Waals surface area contributed by atoms with Crippen molar-refractivity contribution in [2.75, 3.05) is 24.6 Å². The normalized spacial score (nSPS) is 19.1. The number of rotatable bonds is 7. The maximum atomic E-state index is 5.95. The number of hydrogen-bond donors (Lipinski definition) is 0. The van der Waals surface area contributed by atoms with Crippen LogP contribution in [-0.4, -0.2) is 50.7 Å². The molecule has 4 heterocycles. The first kappa shape index (κ1) is 19.8. The molecule has 2 aliphatic rings. The highest BCUT2D eigenvalue weighted by molar-refractivity contribution is 7.98. The minimum atomic E-state index is 0.225. The molecule has 0 amide bonds. The van der Waals surface area contributed by atoms with Crippen LogP contribution in [0.25, 0.3) is 11.5 Å². The number of nitrogens with zero attached hydrogens (tertiary/aromatic N) is 6. The van der Waals surface area contributed by atoms with Crippen molar-refractivity contribution in [1.29, 1.82) is 0 Å². The molecule has 0 radical (unpaired) electrons. The fraction of sp³-hybridized carbons (Fsp3) is 0.500. The third-order valence-corrected chi connectivity index (χ3v) is 6.60. The van der Waals surface area contributed by atoms with Crippen molar-refractivity contribution in [2.45, 2.75) is 49.2 Å². The van der Waals surface area contributed by atoms with Crippen LogP contribution in [0.2, 0.25) is 5.02 Å². The van der Waals surface area contributed by atoms with E-state index in [2.05, 4.69) is 29.8 Å². The third kappa shape index (κ3) is 4.33. The zero-order valence-corrected chi connectivity index (χ0v) is 18.1. The van der Waals surface area contributed by atoms with Crippen LogP contribution in [0.3, 0.4) is 0 Å². The average molecular weight is 447 g/mol. The summed E-state index contributed by atoms with van der Waals surface area (Å²) >= 11 is 7.52. The van der Waals surface area contributed by atoms with Crippen molar-refractivity contribution in [1.82, 2.24) is 24.9 Å². The van der Waals surface area contributed by atoms with Gasteiger partial charge in [-0.2, -0.15) is 4.98 Å². The fourth-order valence-electron chi connectivity index (χ4n) is 3.84. The van der Waals surface area contributed by atoms with Crippen LogP contribution in [0.15, 0.2) is 33.9 Å². The van der Waals surface area contributed by atoms with E-state index in [1.165, 1.54) is 12.8 Å². The molecular weight excluding hydrogens is 424 g/mol. The number of anilines is 1. The highest BCUT2D eigenvalue weighted by Crippen LogP contribution is 2.29. The van der Waals surface area contributed by atoms with Crippen molar-refractivity contribution >= 4 is 29.3 Å². The topological polar surface area (TPSA) is 82.1 Å². The number of aromatic nitrogens is 5. The quantitative estimate of drug-likeness (QED) is 0.502. The molecule has 0 N–H and O–H groups in total.